The lowest BCUT2D eigenvalue weighted by molar-refractivity contribution is 0.667. The van der Waals surface area contributed by atoms with Crippen molar-refractivity contribution in [3.05, 3.63) is 21.4 Å². The van der Waals surface area contributed by atoms with Crippen molar-refractivity contribution in [1.29, 1.82) is 0 Å². The van der Waals surface area contributed by atoms with Gasteiger partial charge < -0.3 is 0 Å². The summed E-state index contributed by atoms with van der Waals surface area (Å²) in [5, 5.41) is 0. The lowest BCUT2D eigenvalue weighted by Gasteiger charge is -1.98. The SMILES string of the molecule is CC#Cc1cc(CCCCCC)c(C#CC)s1. The van der Waals surface area contributed by atoms with Gasteiger partial charge in [0, 0.05) is 0 Å². The van der Waals surface area contributed by atoms with E-state index in [-0.39, 0.29) is 0 Å². The van der Waals surface area contributed by atoms with Gasteiger partial charge in [-0.15, -0.1) is 23.2 Å². The average Bonchev–Trinajstić information content (AvgIpc) is 2.68. The van der Waals surface area contributed by atoms with Gasteiger partial charge in [-0.05, 0) is 38.3 Å². The molecule has 0 bridgehead atoms. The Labute approximate surface area is 109 Å². The Hall–Kier alpha value is -1.18. The summed E-state index contributed by atoms with van der Waals surface area (Å²) in [6.07, 6.45) is 6.35. The second-order valence-electron chi connectivity index (χ2n) is 4.03. The zero-order chi connectivity index (χ0) is 12.5. The number of thiophene rings is 1. The lowest BCUT2D eigenvalue weighted by Crippen LogP contribution is -1.85. The molecule has 0 aliphatic carbocycles. The van der Waals surface area contributed by atoms with E-state index in [0.717, 1.165) is 11.3 Å². The van der Waals surface area contributed by atoms with Crippen molar-refractivity contribution in [2.24, 2.45) is 0 Å². The molecule has 90 valence electrons. The Balaban J connectivity index is 2.72. The van der Waals surface area contributed by atoms with Crippen LogP contribution < -0.4 is 0 Å². The maximum Gasteiger partial charge on any atom is 0.0813 e. The fourth-order valence-corrected chi connectivity index (χ4v) is 2.78. The third kappa shape index (κ3) is 4.68. The van der Waals surface area contributed by atoms with Gasteiger partial charge in [0.05, 0.1) is 9.75 Å². The van der Waals surface area contributed by atoms with Crippen LogP contribution in [0.4, 0.5) is 0 Å². The minimum Gasteiger partial charge on any atom is -0.118 e. The first-order valence-corrected chi connectivity index (χ1v) is 7.11. The number of aryl methyl sites for hydroxylation is 1. The normalized spacial score (nSPS) is 9.12. The molecule has 0 unspecified atom stereocenters. The Morgan fingerprint density at radius 3 is 2.47 bits per heavy atom. The standard InChI is InChI=1S/C16H20S/c1-4-7-8-9-12-14-13-15(10-5-2)17-16(14)11-6-3/h13H,4,7-9,12H2,1-3H3. The van der Waals surface area contributed by atoms with Gasteiger partial charge in [0.15, 0.2) is 0 Å². The van der Waals surface area contributed by atoms with E-state index in [0.29, 0.717) is 0 Å². The van der Waals surface area contributed by atoms with Crippen molar-refractivity contribution in [3.63, 3.8) is 0 Å². The summed E-state index contributed by atoms with van der Waals surface area (Å²) in [6.45, 7) is 6.02. The quantitative estimate of drug-likeness (QED) is 0.524. The number of rotatable bonds is 5. The number of hydrogen-bond donors (Lipinski definition) is 0. The summed E-state index contributed by atoms with van der Waals surface area (Å²) in [4.78, 5) is 2.36. The summed E-state index contributed by atoms with van der Waals surface area (Å²) in [5.74, 6) is 12.3. The smallest absolute Gasteiger partial charge is 0.0813 e. The van der Waals surface area contributed by atoms with Gasteiger partial charge in [-0.2, -0.15) is 0 Å². The fraction of sp³-hybridized carbons (Fsp3) is 0.500. The average molecular weight is 244 g/mol. The maximum absolute atomic E-state index is 3.20. The molecule has 1 aromatic heterocycles. The molecule has 0 amide bonds. The van der Waals surface area contributed by atoms with E-state index in [4.69, 9.17) is 0 Å². The molecule has 1 heterocycles. The summed E-state index contributed by atoms with van der Waals surface area (Å²) < 4.78 is 0. The molecule has 1 aromatic rings. The van der Waals surface area contributed by atoms with Crippen molar-refractivity contribution in [2.45, 2.75) is 52.9 Å². The van der Waals surface area contributed by atoms with E-state index in [1.807, 2.05) is 13.8 Å². The fourth-order valence-electron chi connectivity index (χ4n) is 1.76. The van der Waals surface area contributed by atoms with E-state index in [9.17, 15) is 0 Å². The maximum atomic E-state index is 3.20. The van der Waals surface area contributed by atoms with Gasteiger partial charge in [0.1, 0.15) is 0 Å². The molecule has 0 fully saturated rings. The molecule has 0 aliphatic rings. The highest BCUT2D eigenvalue weighted by atomic mass is 32.1. The minimum absolute atomic E-state index is 1.14. The first-order valence-electron chi connectivity index (χ1n) is 6.30. The highest BCUT2D eigenvalue weighted by Crippen LogP contribution is 2.23. The largest absolute Gasteiger partial charge is 0.118 e. The van der Waals surface area contributed by atoms with Crippen LogP contribution in [0, 0.1) is 23.7 Å². The summed E-state index contributed by atoms with van der Waals surface area (Å²) in [6, 6.07) is 2.22. The first kappa shape index (κ1) is 13.9. The van der Waals surface area contributed by atoms with Crippen LogP contribution in [-0.2, 0) is 6.42 Å². The molecule has 0 saturated heterocycles. The highest BCUT2D eigenvalue weighted by Gasteiger charge is 2.05. The summed E-state index contributed by atoms with van der Waals surface area (Å²) in [5.41, 5.74) is 1.39. The molecule has 0 aliphatic heterocycles. The molecule has 17 heavy (non-hydrogen) atoms. The Morgan fingerprint density at radius 1 is 1.06 bits per heavy atom. The van der Waals surface area contributed by atoms with Crippen LogP contribution in [-0.4, -0.2) is 0 Å². The van der Waals surface area contributed by atoms with Crippen LogP contribution in [0.3, 0.4) is 0 Å². The van der Waals surface area contributed by atoms with Crippen LogP contribution in [0.2, 0.25) is 0 Å². The second-order valence-corrected chi connectivity index (χ2v) is 5.08. The van der Waals surface area contributed by atoms with Crippen LogP contribution in [0.15, 0.2) is 6.07 Å². The van der Waals surface area contributed by atoms with Crippen molar-refractivity contribution in [3.8, 4) is 23.7 Å². The van der Waals surface area contributed by atoms with Gasteiger partial charge in [0.25, 0.3) is 0 Å². The molecule has 0 nitrogen and oxygen atoms in total. The summed E-state index contributed by atoms with van der Waals surface area (Å²) >= 11 is 1.73. The molecule has 0 atom stereocenters. The van der Waals surface area contributed by atoms with Gasteiger partial charge in [-0.1, -0.05) is 38.0 Å². The van der Waals surface area contributed by atoms with Crippen molar-refractivity contribution < 1.29 is 0 Å². The molecule has 1 rings (SSSR count). The van der Waals surface area contributed by atoms with E-state index >= 15 is 0 Å². The van der Waals surface area contributed by atoms with Gasteiger partial charge >= 0.3 is 0 Å². The molecule has 0 spiro atoms. The number of hydrogen-bond acceptors (Lipinski definition) is 1. The van der Waals surface area contributed by atoms with Gasteiger partial charge in [0.2, 0.25) is 0 Å². The van der Waals surface area contributed by atoms with Crippen LogP contribution in [0.1, 0.15) is 61.8 Å². The predicted octanol–water partition coefficient (Wildman–Crippen LogP) is 4.61. The lowest BCUT2D eigenvalue weighted by atomic mass is 10.1. The van der Waals surface area contributed by atoms with Crippen LogP contribution in [0.25, 0.3) is 0 Å². The zero-order valence-electron chi connectivity index (χ0n) is 11.0. The monoisotopic (exact) mass is 244 g/mol. The molecule has 1 heteroatoms. The van der Waals surface area contributed by atoms with Gasteiger partial charge in [-0.3, -0.25) is 0 Å². The number of unbranched alkanes of at least 4 members (excludes halogenated alkanes) is 3. The van der Waals surface area contributed by atoms with E-state index in [1.165, 1.54) is 36.1 Å². The Bertz CT molecular complexity index is 457. The molecular formula is C16H20S. The summed E-state index contributed by atoms with van der Waals surface area (Å²) in [7, 11) is 0. The Kier molecular flexibility index (Phi) is 6.53. The Morgan fingerprint density at radius 2 is 1.82 bits per heavy atom. The van der Waals surface area contributed by atoms with E-state index in [1.54, 1.807) is 11.3 Å². The molecule has 0 radical (unpaired) electrons. The third-order valence-corrected chi connectivity index (χ3v) is 3.60. The molecular weight excluding hydrogens is 224 g/mol. The van der Waals surface area contributed by atoms with E-state index in [2.05, 4.69) is 36.7 Å². The predicted molar refractivity (Wildman–Crippen MR) is 77.3 cm³/mol. The molecule has 0 aromatic carbocycles. The molecule has 0 N–H and O–H groups in total. The van der Waals surface area contributed by atoms with Crippen molar-refractivity contribution in [2.75, 3.05) is 0 Å². The first-order chi connectivity index (χ1) is 8.31. The minimum atomic E-state index is 1.14. The van der Waals surface area contributed by atoms with Crippen LogP contribution >= 0.6 is 11.3 Å². The van der Waals surface area contributed by atoms with Crippen LogP contribution in [0.5, 0.6) is 0 Å². The third-order valence-electron chi connectivity index (χ3n) is 2.60. The topological polar surface area (TPSA) is 0 Å². The van der Waals surface area contributed by atoms with Crippen molar-refractivity contribution in [1.82, 2.24) is 0 Å². The highest BCUT2D eigenvalue weighted by molar-refractivity contribution is 7.13. The second kappa shape index (κ2) is 7.99. The molecule has 0 saturated carbocycles. The van der Waals surface area contributed by atoms with E-state index < -0.39 is 0 Å². The van der Waals surface area contributed by atoms with Crippen molar-refractivity contribution >= 4 is 11.3 Å². The zero-order valence-corrected chi connectivity index (χ0v) is 11.8. The van der Waals surface area contributed by atoms with Gasteiger partial charge in [-0.25, -0.2) is 0 Å².